The van der Waals surface area contributed by atoms with Gasteiger partial charge in [0.25, 0.3) is 0 Å². The van der Waals surface area contributed by atoms with Crippen molar-refractivity contribution in [2.75, 3.05) is 13.7 Å². The van der Waals surface area contributed by atoms with Crippen LogP contribution in [0.1, 0.15) is 57.2 Å². The summed E-state index contributed by atoms with van der Waals surface area (Å²) in [6, 6.07) is 8.30. The first-order valence-corrected chi connectivity index (χ1v) is 11.2. The number of benzene rings is 1. The van der Waals surface area contributed by atoms with Crippen molar-refractivity contribution in [1.29, 1.82) is 0 Å². The summed E-state index contributed by atoms with van der Waals surface area (Å²) in [6.07, 6.45) is 12.4. The normalized spacial score (nSPS) is 12.1. The average Bonchev–Trinajstić information content (AvgIpc) is 3.07. The summed E-state index contributed by atoms with van der Waals surface area (Å²) in [6.45, 7) is 15.2. The van der Waals surface area contributed by atoms with E-state index in [1.807, 2.05) is 19.1 Å². The van der Waals surface area contributed by atoms with Gasteiger partial charge in [0.05, 0.1) is 5.52 Å². The Balaban J connectivity index is 2.11. The standard InChI is InChI=1S/C28H37NO2/c1-7-25(17-16-21(2)13-10-8-9-11-18-31-6)24(5)29-22(3)19-27-26(20-23(4)30)14-12-15-28(27)29/h7,12,14-17,19H,2,5,8-11,13,18,20H2,1,3-4,6H3/b17-16-,25-7+. The predicted octanol–water partition coefficient (Wildman–Crippen LogP) is 7.21. The fraction of sp³-hybridized carbons (Fsp3) is 0.393. The Hall–Kier alpha value is -2.65. The van der Waals surface area contributed by atoms with Crippen LogP contribution in [0, 0.1) is 6.92 Å². The molecule has 0 aliphatic rings. The summed E-state index contributed by atoms with van der Waals surface area (Å²) in [4.78, 5) is 11.7. The number of ketones is 1. The SMILES string of the molecule is C=C(/C=C\C(=C/C)C(=C)n1c(C)cc2c(CC(C)=O)cccc21)CCCCCCOC. The van der Waals surface area contributed by atoms with E-state index in [-0.39, 0.29) is 5.78 Å². The molecule has 0 amide bonds. The molecule has 2 rings (SSSR count). The zero-order valence-corrected chi connectivity index (χ0v) is 19.7. The molecule has 0 atom stereocenters. The lowest BCUT2D eigenvalue weighted by Crippen LogP contribution is -2.01. The second-order valence-corrected chi connectivity index (χ2v) is 8.19. The summed E-state index contributed by atoms with van der Waals surface area (Å²) < 4.78 is 7.28. The van der Waals surface area contributed by atoms with Crippen LogP contribution >= 0.6 is 0 Å². The molecule has 31 heavy (non-hydrogen) atoms. The first kappa shape index (κ1) is 24.6. The molecule has 0 unspecified atom stereocenters. The van der Waals surface area contributed by atoms with Crippen molar-refractivity contribution in [1.82, 2.24) is 4.57 Å². The maximum absolute atomic E-state index is 11.7. The predicted molar refractivity (Wildman–Crippen MR) is 133 cm³/mol. The number of rotatable bonds is 13. The number of fused-ring (bicyclic) bond motifs is 1. The number of unbranched alkanes of at least 4 members (excludes halogenated alkanes) is 3. The molecule has 0 spiro atoms. The van der Waals surface area contributed by atoms with E-state index in [9.17, 15) is 4.79 Å². The summed E-state index contributed by atoms with van der Waals surface area (Å²) in [7, 11) is 1.75. The van der Waals surface area contributed by atoms with Crippen LogP contribution in [0.4, 0.5) is 0 Å². The Bertz CT molecular complexity index is 988. The topological polar surface area (TPSA) is 31.2 Å². The molecule has 1 aromatic carbocycles. The van der Waals surface area contributed by atoms with Gasteiger partial charge in [-0.15, -0.1) is 0 Å². The molecule has 0 aliphatic heterocycles. The number of aryl methyl sites for hydroxylation is 1. The van der Waals surface area contributed by atoms with Crippen LogP contribution in [0.25, 0.3) is 16.6 Å². The van der Waals surface area contributed by atoms with Gasteiger partial charge in [-0.25, -0.2) is 0 Å². The number of aromatic nitrogens is 1. The van der Waals surface area contributed by atoms with Crippen molar-refractivity contribution in [3.8, 4) is 0 Å². The van der Waals surface area contributed by atoms with Gasteiger partial charge in [0.2, 0.25) is 0 Å². The molecule has 0 N–H and O–H groups in total. The van der Waals surface area contributed by atoms with Gasteiger partial charge in [-0.2, -0.15) is 0 Å². The van der Waals surface area contributed by atoms with Crippen LogP contribution in [-0.2, 0) is 16.0 Å². The fourth-order valence-electron chi connectivity index (χ4n) is 3.94. The Morgan fingerprint density at radius 1 is 1.13 bits per heavy atom. The first-order valence-electron chi connectivity index (χ1n) is 11.2. The van der Waals surface area contributed by atoms with Crippen molar-refractivity contribution in [3.05, 3.63) is 78.1 Å². The minimum absolute atomic E-state index is 0.172. The third-order valence-electron chi connectivity index (χ3n) is 5.57. The number of hydrogen-bond donors (Lipinski definition) is 0. The van der Waals surface area contributed by atoms with Gasteiger partial charge in [-0.05, 0) is 63.3 Å². The molecule has 0 fully saturated rings. The van der Waals surface area contributed by atoms with Crippen molar-refractivity contribution >= 4 is 22.4 Å². The highest BCUT2D eigenvalue weighted by Gasteiger charge is 2.13. The lowest BCUT2D eigenvalue weighted by Gasteiger charge is -2.13. The number of carbonyl (C=O) groups is 1. The number of hydrogen-bond acceptors (Lipinski definition) is 2. The molecule has 0 aliphatic carbocycles. The molecule has 1 aromatic heterocycles. The van der Waals surface area contributed by atoms with Crippen LogP contribution in [0.5, 0.6) is 0 Å². The lowest BCUT2D eigenvalue weighted by molar-refractivity contribution is -0.116. The lowest BCUT2D eigenvalue weighted by atomic mass is 10.0. The molecule has 166 valence electrons. The summed E-state index contributed by atoms with van der Waals surface area (Å²) in [5.74, 6) is 0.172. The van der Waals surface area contributed by atoms with E-state index in [4.69, 9.17) is 4.74 Å². The van der Waals surface area contributed by atoms with E-state index < -0.39 is 0 Å². The number of Topliss-reactive ketones (excluding diaryl/α,β-unsaturated/α-hetero) is 1. The number of ether oxygens (including phenoxy) is 1. The fourth-order valence-corrected chi connectivity index (χ4v) is 3.94. The van der Waals surface area contributed by atoms with E-state index in [0.717, 1.165) is 64.9 Å². The summed E-state index contributed by atoms with van der Waals surface area (Å²) in [5, 5.41) is 1.12. The highest BCUT2D eigenvalue weighted by molar-refractivity contribution is 5.92. The van der Waals surface area contributed by atoms with Gasteiger partial charge in [0, 0.05) is 36.9 Å². The van der Waals surface area contributed by atoms with Crippen molar-refractivity contribution in [2.24, 2.45) is 0 Å². The number of carbonyl (C=O) groups excluding carboxylic acids is 1. The minimum atomic E-state index is 0.172. The largest absolute Gasteiger partial charge is 0.385 e. The van der Waals surface area contributed by atoms with Crippen LogP contribution in [0.3, 0.4) is 0 Å². The summed E-state index contributed by atoms with van der Waals surface area (Å²) >= 11 is 0. The molecule has 0 saturated heterocycles. The maximum Gasteiger partial charge on any atom is 0.134 e. The Kier molecular flexibility index (Phi) is 9.74. The second-order valence-electron chi connectivity index (χ2n) is 8.19. The highest BCUT2D eigenvalue weighted by Crippen LogP contribution is 2.29. The van der Waals surface area contributed by atoms with Gasteiger partial charge in [0.15, 0.2) is 0 Å². The van der Waals surface area contributed by atoms with E-state index >= 15 is 0 Å². The number of nitrogens with zero attached hydrogens (tertiary/aromatic N) is 1. The smallest absolute Gasteiger partial charge is 0.134 e. The molecule has 0 saturated carbocycles. The number of allylic oxidation sites excluding steroid dienone is 6. The van der Waals surface area contributed by atoms with E-state index in [0.29, 0.717) is 6.42 Å². The van der Waals surface area contributed by atoms with Gasteiger partial charge in [-0.3, -0.25) is 4.79 Å². The second kappa shape index (κ2) is 12.3. The van der Waals surface area contributed by atoms with E-state index in [2.05, 4.69) is 55.0 Å². The third-order valence-corrected chi connectivity index (χ3v) is 5.57. The Labute approximate surface area is 187 Å². The van der Waals surface area contributed by atoms with Gasteiger partial charge < -0.3 is 9.30 Å². The molecule has 3 heteroatoms. The third kappa shape index (κ3) is 6.93. The van der Waals surface area contributed by atoms with Crippen LogP contribution in [0.15, 0.2) is 66.8 Å². The van der Waals surface area contributed by atoms with Gasteiger partial charge in [0.1, 0.15) is 5.78 Å². The number of methoxy groups -OCH3 is 1. The van der Waals surface area contributed by atoms with Gasteiger partial charge in [-0.1, -0.05) is 61.9 Å². The molecule has 3 nitrogen and oxygen atoms in total. The summed E-state index contributed by atoms with van der Waals surface area (Å²) in [5.41, 5.74) is 6.40. The monoisotopic (exact) mass is 419 g/mol. The minimum Gasteiger partial charge on any atom is -0.385 e. The van der Waals surface area contributed by atoms with Gasteiger partial charge >= 0.3 is 0 Å². The molecular weight excluding hydrogens is 382 g/mol. The molecule has 1 heterocycles. The first-order chi connectivity index (χ1) is 14.9. The van der Waals surface area contributed by atoms with Crippen LogP contribution in [-0.4, -0.2) is 24.1 Å². The zero-order valence-electron chi connectivity index (χ0n) is 19.7. The van der Waals surface area contributed by atoms with E-state index in [1.165, 1.54) is 12.8 Å². The maximum atomic E-state index is 11.7. The van der Waals surface area contributed by atoms with Crippen molar-refractivity contribution in [3.63, 3.8) is 0 Å². The molecule has 0 bridgehead atoms. The molecule has 0 radical (unpaired) electrons. The molecular formula is C28H37NO2. The Morgan fingerprint density at radius 2 is 1.87 bits per heavy atom. The average molecular weight is 420 g/mol. The highest BCUT2D eigenvalue weighted by atomic mass is 16.5. The molecule has 2 aromatic rings. The van der Waals surface area contributed by atoms with Crippen molar-refractivity contribution < 1.29 is 9.53 Å². The van der Waals surface area contributed by atoms with Crippen LogP contribution in [0.2, 0.25) is 0 Å². The van der Waals surface area contributed by atoms with Crippen LogP contribution < -0.4 is 0 Å². The quantitative estimate of drug-likeness (QED) is 0.254. The Morgan fingerprint density at radius 3 is 2.55 bits per heavy atom. The zero-order chi connectivity index (χ0) is 22.8. The van der Waals surface area contributed by atoms with Crippen molar-refractivity contribution in [2.45, 2.75) is 59.3 Å². The van der Waals surface area contributed by atoms with E-state index in [1.54, 1.807) is 14.0 Å².